The number of benzene rings is 2. The van der Waals surface area contributed by atoms with Crippen LogP contribution in [0.5, 0.6) is 0 Å². The molecule has 4 aromatic rings. The Morgan fingerprint density at radius 1 is 1.10 bits per heavy atom. The summed E-state index contributed by atoms with van der Waals surface area (Å²) in [5, 5.41) is 6.47. The van der Waals surface area contributed by atoms with E-state index in [-0.39, 0.29) is 0 Å². The number of nitrogens with zero attached hydrogens (tertiary/aromatic N) is 2. The maximum Gasteiger partial charge on any atom is 0.141 e. The molecule has 3 N–H and O–H groups in total. The molecule has 0 aliphatic carbocycles. The van der Waals surface area contributed by atoms with Gasteiger partial charge in [0, 0.05) is 46.0 Å². The summed E-state index contributed by atoms with van der Waals surface area (Å²) in [7, 11) is 0. The maximum atomic E-state index is 5.73. The Labute approximate surface area is 191 Å². The van der Waals surface area contributed by atoms with Crippen molar-refractivity contribution in [1.29, 1.82) is 0 Å². The van der Waals surface area contributed by atoms with Gasteiger partial charge in [-0.25, -0.2) is 0 Å². The van der Waals surface area contributed by atoms with Crippen LogP contribution in [0, 0.1) is 13.8 Å². The fourth-order valence-corrected chi connectivity index (χ4v) is 4.35. The second kappa shape index (κ2) is 9.13. The highest BCUT2D eigenvalue weighted by Gasteiger charge is 2.17. The number of nitrogens with two attached hydrogens (primary N) is 1. The topological polar surface area (TPSA) is 80.3 Å². The predicted octanol–water partition coefficient (Wildman–Crippen LogP) is 4.50. The van der Waals surface area contributed by atoms with Crippen molar-refractivity contribution in [3.63, 3.8) is 0 Å². The molecular weight excluding hydrogens is 428 g/mol. The van der Waals surface area contributed by atoms with Gasteiger partial charge in [0.1, 0.15) is 10.7 Å². The van der Waals surface area contributed by atoms with Crippen molar-refractivity contribution in [1.82, 2.24) is 15.0 Å². The third-order valence-electron chi connectivity index (χ3n) is 5.47. The number of nitrogens with one attached hydrogen (secondary N) is 1. The van der Waals surface area contributed by atoms with Crippen LogP contribution < -0.4 is 5.73 Å². The van der Waals surface area contributed by atoms with Crippen LogP contribution in [0.2, 0.25) is 0 Å². The van der Waals surface area contributed by atoms with E-state index in [1.54, 1.807) is 0 Å². The lowest BCUT2D eigenvalue weighted by molar-refractivity contribution is 0.0693. The number of morpholine rings is 1. The predicted molar refractivity (Wildman–Crippen MR) is 133 cm³/mol. The van der Waals surface area contributed by atoms with Gasteiger partial charge in [-0.3, -0.25) is 0 Å². The normalized spacial score (nSPS) is 13.8. The molecular formula is C23H24N4O2S2. The van der Waals surface area contributed by atoms with Gasteiger partial charge >= 0.3 is 0 Å². The first kappa shape index (κ1) is 21.4. The van der Waals surface area contributed by atoms with E-state index in [1.165, 1.54) is 10.8 Å². The number of thiocarbonyl (C=S) groups is 2. The van der Waals surface area contributed by atoms with E-state index in [0.29, 0.717) is 0 Å². The monoisotopic (exact) mass is 452 g/mol. The molecule has 0 amide bonds. The Hall–Kier alpha value is -2.81. The Morgan fingerprint density at radius 2 is 1.84 bits per heavy atom. The fraction of sp³-hybridized carbons (Fsp3) is 0.261. The van der Waals surface area contributed by atoms with E-state index in [1.807, 2.05) is 13.8 Å². The molecule has 1 fully saturated rings. The summed E-state index contributed by atoms with van der Waals surface area (Å²) in [6.07, 6.45) is 0. The number of fused-ring (bicyclic) bond motifs is 3. The van der Waals surface area contributed by atoms with Crippen molar-refractivity contribution in [2.75, 3.05) is 26.3 Å². The second-order valence-corrected chi connectivity index (χ2v) is 8.04. The van der Waals surface area contributed by atoms with Crippen molar-refractivity contribution in [3.05, 3.63) is 53.4 Å². The van der Waals surface area contributed by atoms with Gasteiger partial charge in [-0.05, 0) is 37.6 Å². The van der Waals surface area contributed by atoms with Gasteiger partial charge in [-0.2, -0.15) is 0 Å². The van der Waals surface area contributed by atoms with Crippen molar-refractivity contribution in [2.24, 2.45) is 5.73 Å². The Kier molecular flexibility index (Phi) is 6.31. The second-order valence-electron chi connectivity index (χ2n) is 7.39. The molecule has 0 bridgehead atoms. The zero-order valence-electron chi connectivity index (χ0n) is 17.5. The molecule has 0 atom stereocenters. The van der Waals surface area contributed by atoms with Crippen LogP contribution in [0.15, 0.2) is 40.9 Å². The average molecular weight is 453 g/mol. The van der Waals surface area contributed by atoms with Gasteiger partial charge < -0.3 is 24.9 Å². The van der Waals surface area contributed by atoms with Crippen molar-refractivity contribution >= 4 is 56.7 Å². The first-order chi connectivity index (χ1) is 15.0. The molecule has 1 saturated heterocycles. The summed E-state index contributed by atoms with van der Waals surface area (Å²) >= 11 is 9.77. The smallest absolute Gasteiger partial charge is 0.141 e. The largest absolute Gasteiger partial charge is 0.396 e. The Morgan fingerprint density at radius 3 is 2.52 bits per heavy atom. The number of hydrogen-bond donors (Lipinski definition) is 2. The van der Waals surface area contributed by atoms with Crippen LogP contribution in [0.3, 0.4) is 0 Å². The molecule has 0 saturated carbocycles. The first-order valence-corrected chi connectivity index (χ1v) is 10.9. The lowest BCUT2D eigenvalue weighted by atomic mass is 10.0. The highest BCUT2D eigenvalue weighted by atomic mass is 32.1. The van der Waals surface area contributed by atoms with Gasteiger partial charge in [-0.1, -0.05) is 47.8 Å². The molecule has 2 aromatic heterocycles. The minimum atomic E-state index is 0.735. The SMILES string of the molecule is Cc1noc(C)c1-c1ccc2[nH]c3cc(C(=S)N4CCOCC4)ccc3c2c1.NC=S. The average Bonchev–Trinajstić information content (AvgIpc) is 3.32. The van der Waals surface area contributed by atoms with E-state index >= 15 is 0 Å². The minimum Gasteiger partial charge on any atom is -0.396 e. The van der Waals surface area contributed by atoms with Gasteiger partial charge in [0.05, 0.1) is 24.4 Å². The zero-order valence-corrected chi connectivity index (χ0v) is 19.1. The third kappa shape index (κ3) is 4.19. The van der Waals surface area contributed by atoms with Gasteiger partial charge in [0.25, 0.3) is 0 Å². The van der Waals surface area contributed by atoms with Crippen LogP contribution in [0.25, 0.3) is 32.9 Å². The fourth-order valence-electron chi connectivity index (χ4n) is 4.04. The molecule has 0 spiro atoms. The molecule has 8 heteroatoms. The first-order valence-electron chi connectivity index (χ1n) is 10.0. The van der Waals surface area contributed by atoms with Gasteiger partial charge in [-0.15, -0.1) is 0 Å². The molecule has 3 heterocycles. The van der Waals surface area contributed by atoms with Crippen LogP contribution in [0.4, 0.5) is 0 Å². The lowest BCUT2D eigenvalue weighted by Gasteiger charge is -2.29. The molecule has 1 aliphatic rings. The number of aromatic amines is 1. The number of rotatable bonds is 2. The summed E-state index contributed by atoms with van der Waals surface area (Å²) in [6.45, 7) is 7.10. The molecule has 0 radical (unpaired) electrons. The van der Waals surface area contributed by atoms with Gasteiger partial charge in [0.2, 0.25) is 0 Å². The highest BCUT2D eigenvalue weighted by molar-refractivity contribution is 7.80. The summed E-state index contributed by atoms with van der Waals surface area (Å²) in [5.74, 6) is 0.842. The van der Waals surface area contributed by atoms with Gasteiger partial charge in [0.15, 0.2) is 0 Å². The summed E-state index contributed by atoms with van der Waals surface area (Å²) in [5.41, 5.74) is 12.0. The zero-order chi connectivity index (χ0) is 22.0. The summed E-state index contributed by atoms with van der Waals surface area (Å²) in [4.78, 5) is 6.65. The Bertz CT molecular complexity index is 1240. The molecule has 5 rings (SSSR count). The van der Waals surface area contributed by atoms with E-state index in [4.69, 9.17) is 21.5 Å². The quantitative estimate of drug-likeness (QED) is 0.433. The van der Waals surface area contributed by atoms with E-state index in [0.717, 1.165) is 76.0 Å². The van der Waals surface area contributed by atoms with E-state index in [9.17, 15) is 0 Å². The molecule has 160 valence electrons. The highest BCUT2D eigenvalue weighted by Crippen LogP contribution is 2.33. The third-order valence-corrected chi connectivity index (χ3v) is 5.96. The molecule has 0 unspecified atom stereocenters. The lowest BCUT2D eigenvalue weighted by Crippen LogP contribution is -2.40. The summed E-state index contributed by atoms with van der Waals surface area (Å²) in [6, 6.07) is 12.9. The standard InChI is InChI=1S/C22H21N3O2S.CH3NS/c1-13-21(14(2)27-24-13)15-4-6-19-18(11-15)17-5-3-16(12-20(17)23-19)22(28)25-7-9-26-10-8-25;2-1-3/h3-6,11-12,23H,7-10H2,1-2H3;1H,(H2,2,3). The number of hydrogen-bond acceptors (Lipinski definition) is 5. The van der Waals surface area contributed by atoms with Crippen molar-refractivity contribution < 1.29 is 9.26 Å². The molecule has 31 heavy (non-hydrogen) atoms. The van der Waals surface area contributed by atoms with Crippen LogP contribution in [-0.4, -0.2) is 51.8 Å². The van der Waals surface area contributed by atoms with E-state index < -0.39 is 0 Å². The van der Waals surface area contributed by atoms with Crippen LogP contribution in [0.1, 0.15) is 17.0 Å². The number of aromatic nitrogens is 2. The summed E-state index contributed by atoms with van der Waals surface area (Å²) < 4.78 is 10.8. The number of aryl methyl sites for hydroxylation is 2. The molecule has 2 aromatic carbocycles. The molecule has 6 nitrogen and oxygen atoms in total. The van der Waals surface area contributed by atoms with E-state index in [2.05, 4.69) is 69.4 Å². The Balaban J connectivity index is 0.000000730. The van der Waals surface area contributed by atoms with Crippen LogP contribution >= 0.6 is 24.4 Å². The van der Waals surface area contributed by atoms with Crippen molar-refractivity contribution in [2.45, 2.75) is 13.8 Å². The maximum absolute atomic E-state index is 5.73. The number of ether oxygens (including phenoxy) is 1. The number of H-pyrrole nitrogens is 1. The van der Waals surface area contributed by atoms with Crippen LogP contribution in [-0.2, 0) is 4.74 Å². The minimum absolute atomic E-state index is 0.735. The van der Waals surface area contributed by atoms with Crippen molar-refractivity contribution in [3.8, 4) is 11.1 Å². The molecule has 1 aliphatic heterocycles.